The molecular formula is C15H20N4. The minimum atomic E-state index is -0.203. The number of nitrogens with zero attached hydrogens (tertiary/aromatic N) is 2. The summed E-state index contributed by atoms with van der Waals surface area (Å²) in [5.41, 5.74) is 8.84. The van der Waals surface area contributed by atoms with Crippen molar-refractivity contribution in [2.75, 3.05) is 11.9 Å². The maximum atomic E-state index is 5.67. The normalized spacial score (nSPS) is 11.4. The second-order valence-electron chi connectivity index (χ2n) is 5.37. The van der Waals surface area contributed by atoms with Gasteiger partial charge in [0.1, 0.15) is 0 Å². The fourth-order valence-electron chi connectivity index (χ4n) is 1.64. The summed E-state index contributed by atoms with van der Waals surface area (Å²) in [5.74, 6) is 0.603. The van der Waals surface area contributed by atoms with Crippen molar-refractivity contribution < 1.29 is 0 Å². The molecule has 0 saturated carbocycles. The first-order valence-electron chi connectivity index (χ1n) is 6.37. The van der Waals surface area contributed by atoms with E-state index in [4.69, 9.17) is 5.73 Å². The van der Waals surface area contributed by atoms with Crippen molar-refractivity contribution in [1.29, 1.82) is 0 Å². The van der Waals surface area contributed by atoms with E-state index in [2.05, 4.69) is 46.5 Å². The molecular weight excluding hydrogens is 236 g/mol. The van der Waals surface area contributed by atoms with Gasteiger partial charge in [-0.1, -0.05) is 29.8 Å². The largest absolute Gasteiger partial charge is 0.348 e. The average Bonchev–Trinajstić information content (AvgIpc) is 2.40. The van der Waals surface area contributed by atoms with Crippen molar-refractivity contribution in [3.05, 3.63) is 42.2 Å². The first-order valence-corrected chi connectivity index (χ1v) is 6.37. The third kappa shape index (κ3) is 3.51. The van der Waals surface area contributed by atoms with Gasteiger partial charge in [0.25, 0.3) is 0 Å². The molecule has 0 unspecified atom stereocenters. The van der Waals surface area contributed by atoms with E-state index in [1.54, 1.807) is 0 Å². The summed E-state index contributed by atoms with van der Waals surface area (Å²) in [7, 11) is 0. The number of hydrogen-bond acceptors (Lipinski definition) is 4. The number of aryl methyl sites for hydroxylation is 1. The van der Waals surface area contributed by atoms with Crippen LogP contribution in [-0.2, 0) is 0 Å². The topological polar surface area (TPSA) is 63.8 Å². The number of hydrogen-bond donors (Lipinski definition) is 2. The summed E-state index contributed by atoms with van der Waals surface area (Å²) in [6.45, 7) is 6.63. The van der Waals surface area contributed by atoms with Crippen LogP contribution < -0.4 is 11.1 Å². The Morgan fingerprint density at radius 3 is 2.16 bits per heavy atom. The molecule has 19 heavy (non-hydrogen) atoms. The lowest BCUT2D eigenvalue weighted by Gasteiger charge is -2.23. The molecule has 0 aliphatic rings. The highest BCUT2D eigenvalue weighted by Crippen LogP contribution is 2.19. The summed E-state index contributed by atoms with van der Waals surface area (Å²) >= 11 is 0. The number of aromatic nitrogens is 2. The highest BCUT2D eigenvalue weighted by molar-refractivity contribution is 5.62. The van der Waals surface area contributed by atoms with Crippen LogP contribution in [0.1, 0.15) is 19.4 Å². The summed E-state index contributed by atoms with van der Waals surface area (Å²) in [5, 5.41) is 3.21. The molecule has 0 atom stereocenters. The van der Waals surface area contributed by atoms with Crippen molar-refractivity contribution in [3.8, 4) is 11.1 Å². The molecule has 2 rings (SSSR count). The van der Waals surface area contributed by atoms with Crippen LogP contribution in [0.25, 0.3) is 11.1 Å². The Morgan fingerprint density at radius 1 is 1.05 bits per heavy atom. The predicted octanol–water partition coefficient (Wildman–Crippen LogP) is 2.60. The van der Waals surface area contributed by atoms with Gasteiger partial charge in [-0.05, 0) is 26.3 Å². The Hall–Kier alpha value is -1.94. The van der Waals surface area contributed by atoms with Crippen molar-refractivity contribution >= 4 is 5.95 Å². The zero-order valence-electron chi connectivity index (χ0n) is 11.6. The molecule has 0 aliphatic carbocycles. The van der Waals surface area contributed by atoms with E-state index in [1.807, 2.05) is 26.2 Å². The first kappa shape index (κ1) is 13.5. The molecule has 1 aromatic carbocycles. The Kier molecular flexibility index (Phi) is 3.81. The molecule has 1 heterocycles. The number of nitrogens with two attached hydrogens (primary N) is 1. The lowest BCUT2D eigenvalue weighted by molar-refractivity contribution is 0.574. The monoisotopic (exact) mass is 256 g/mol. The Bertz CT molecular complexity index is 529. The number of anilines is 1. The zero-order chi connectivity index (χ0) is 13.9. The van der Waals surface area contributed by atoms with Crippen LogP contribution in [0.3, 0.4) is 0 Å². The van der Waals surface area contributed by atoms with E-state index < -0.39 is 0 Å². The molecule has 0 aliphatic heterocycles. The smallest absolute Gasteiger partial charge is 0.223 e. The molecule has 0 radical (unpaired) electrons. The van der Waals surface area contributed by atoms with E-state index >= 15 is 0 Å². The van der Waals surface area contributed by atoms with E-state index in [0.717, 1.165) is 11.1 Å². The summed E-state index contributed by atoms with van der Waals surface area (Å²) in [4.78, 5) is 8.67. The molecule has 4 nitrogen and oxygen atoms in total. The van der Waals surface area contributed by atoms with Gasteiger partial charge in [0.15, 0.2) is 0 Å². The molecule has 0 fully saturated rings. The lowest BCUT2D eigenvalue weighted by Crippen LogP contribution is -2.39. The molecule has 1 aromatic heterocycles. The quantitative estimate of drug-likeness (QED) is 0.882. The SMILES string of the molecule is Cc1ccc(-c2cnc(NC(C)(C)CN)nc2)cc1. The third-order valence-corrected chi connectivity index (χ3v) is 3.00. The molecule has 3 N–H and O–H groups in total. The maximum absolute atomic E-state index is 5.67. The van der Waals surface area contributed by atoms with Gasteiger partial charge in [0, 0.05) is 30.0 Å². The van der Waals surface area contributed by atoms with Crippen molar-refractivity contribution in [3.63, 3.8) is 0 Å². The number of nitrogens with one attached hydrogen (secondary N) is 1. The average molecular weight is 256 g/mol. The highest BCUT2D eigenvalue weighted by Gasteiger charge is 2.15. The second kappa shape index (κ2) is 5.36. The first-order chi connectivity index (χ1) is 9.00. The van der Waals surface area contributed by atoms with Crippen LogP contribution in [-0.4, -0.2) is 22.1 Å². The molecule has 4 heteroatoms. The maximum Gasteiger partial charge on any atom is 0.223 e. The molecule has 0 spiro atoms. The van der Waals surface area contributed by atoms with Crippen molar-refractivity contribution in [1.82, 2.24) is 9.97 Å². The van der Waals surface area contributed by atoms with Crippen LogP contribution in [0, 0.1) is 6.92 Å². The number of rotatable bonds is 4. The fourth-order valence-corrected chi connectivity index (χ4v) is 1.64. The van der Waals surface area contributed by atoms with E-state index in [1.165, 1.54) is 5.56 Å². The van der Waals surface area contributed by atoms with Crippen LogP contribution in [0.5, 0.6) is 0 Å². The van der Waals surface area contributed by atoms with Crippen molar-refractivity contribution in [2.24, 2.45) is 5.73 Å². The van der Waals surface area contributed by atoms with Gasteiger partial charge in [-0.2, -0.15) is 0 Å². The molecule has 0 saturated heterocycles. The lowest BCUT2D eigenvalue weighted by atomic mass is 10.1. The Balaban J connectivity index is 2.16. The fraction of sp³-hybridized carbons (Fsp3) is 0.333. The molecule has 0 bridgehead atoms. The van der Waals surface area contributed by atoms with E-state index in [-0.39, 0.29) is 5.54 Å². The summed E-state index contributed by atoms with van der Waals surface area (Å²) in [6, 6.07) is 8.31. The minimum absolute atomic E-state index is 0.203. The molecule has 100 valence electrons. The van der Waals surface area contributed by atoms with Gasteiger partial charge in [0.2, 0.25) is 5.95 Å². The van der Waals surface area contributed by atoms with Gasteiger partial charge in [-0.3, -0.25) is 0 Å². The van der Waals surface area contributed by atoms with Gasteiger partial charge in [-0.15, -0.1) is 0 Å². The van der Waals surface area contributed by atoms with Gasteiger partial charge in [-0.25, -0.2) is 9.97 Å². The van der Waals surface area contributed by atoms with Crippen molar-refractivity contribution in [2.45, 2.75) is 26.3 Å². The predicted molar refractivity (Wildman–Crippen MR) is 79.0 cm³/mol. The standard InChI is InChI=1S/C15H20N4/c1-11-4-6-12(7-5-11)13-8-17-14(18-9-13)19-15(2,3)10-16/h4-9H,10,16H2,1-3H3,(H,17,18,19). The van der Waals surface area contributed by atoms with Gasteiger partial charge >= 0.3 is 0 Å². The highest BCUT2D eigenvalue weighted by atomic mass is 15.1. The van der Waals surface area contributed by atoms with E-state index in [0.29, 0.717) is 12.5 Å². The Morgan fingerprint density at radius 2 is 1.63 bits per heavy atom. The summed E-state index contributed by atoms with van der Waals surface area (Å²) < 4.78 is 0. The van der Waals surface area contributed by atoms with Crippen LogP contribution in [0.2, 0.25) is 0 Å². The van der Waals surface area contributed by atoms with E-state index in [9.17, 15) is 0 Å². The third-order valence-electron chi connectivity index (χ3n) is 3.00. The zero-order valence-corrected chi connectivity index (χ0v) is 11.6. The van der Waals surface area contributed by atoms with Crippen LogP contribution in [0.15, 0.2) is 36.7 Å². The molecule has 0 amide bonds. The van der Waals surface area contributed by atoms with Gasteiger partial charge in [0.05, 0.1) is 0 Å². The minimum Gasteiger partial charge on any atom is -0.348 e. The van der Waals surface area contributed by atoms with Gasteiger partial charge < -0.3 is 11.1 Å². The van der Waals surface area contributed by atoms with Crippen LogP contribution in [0.4, 0.5) is 5.95 Å². The number of benzene rings is 1. The second-order valence-corrected chi connectivity index (χ2v) is 5.37. The van der Waals surface area contributed by atoms with Crippen LogP contribution >= 0.6 is 0 Å². The molecule has 2 aromatic rings. The summed E-state index contributed by atoms with van der Waals surface area (Å²) in [6.07, 6.45) is 3.65. The Labute approximate surface area is 114 Å².